The number of methoxy groups -OCH3 is 1. The van der Waals surface area contributed by atoms with Crippen LogP contribution >= 0.6 is 23.2 Å². The van der Waals surface area contributed by atoms with E-state index in [9.17, 15) is 0 Å². The maximum atomic E-state index is 8.84. The van der Waals surface area contributed by atoms with E-state index in [1.807, 2.05) is 6.07 Å². The summed E-state index contributed by atoms with van der Waals surface area (Å²) < 4.78 is 10.5. The van der Waals surface area contributed by atoms with E-state index in [2.05, 4.69) is 25.5 Å². The van der Waals surface area contributed by atoms with Gasteiger partial charge in [-0.3, -0.25) is 5.10 Å². The summed E-state index contributed by atoms with van der Waals surface area (Å²) in [7, 11) is 1.55. The van der Waals surface area contributed by atoms with Crippen molar-refractivity contribution in [2.75, 3.05) is 25.6 Å². The third-order valence-electron chi connectivity index (χ3n) is 5.34. The second-order valence-corrected chi connectivity index (χ2v) is 9.07. The zero-order chi connectivity index (χ0) is 22.1. The molecule has 162 valence electrons. The number of nitrogens with one attached hydrogen (secondary N) is 2. The first-order valence-electron chi connectivity index (χ1n) is 9.62. The van der Waals surface area contributed by atoms with Crippen molar-refractivity contribution in [2.24, 2.45) is 11.1 Å². The summed E-state index contributed by atoms with van der Waals surface area (Å²) in [5, 5.41) is 19.2. The summed E-state index contributed by atoms with van der Waals surface area (Å²) in [6.45, 7) is 1.04. The molecule has 2 aromatic rings. The molecule has 0 amide bonds. The lowest BCUT2D eigenvalue weighted by Crippen LogP contribution is -2.26. The van der Waals surface area contributed by atoms with Gasteiger partial charge in [0.1, 0.15) is 29.3 Å². The van der Waals surface area contributed by atoms with Crippen LogP contribution in [0.15, 0.2) is 42.1 Å². The maximum absolute atomic E-state index is 8.84. The molecule has 1 atom stereocenters. The maximum Gasteiger partial charge on any atom is 0.161 e. The van der Waals surface area contributed by atoms with Gasteiger partial charge in [0.25, 0.3) is 0 Å². The first kappa shape index (κ1) is 21.4. The van der Waals surface area contributed by atoms with Crippen molar-refractivity contribution >= 4 is 34.8 Å². The fraction of sp³-hybridized carbons (Fsp3) is 0.400. The number of aromatic amines is 1. The third kappa shape index (κ3) is 4.77. The van der Waals surface area contributed by atoms with Crippen molar-refractivity contribution < 1.29 is 9.47 Å². The van der Waals surface area contributed by atoms with Crippen molar-refractivity contribution in [1.29, 1.82) is 5.26 Å². The van der Waals surface area contributed by atoms with E-state index in [1.165, 1.54) is 12.4 Å². The Morgan fingerprint density at radius 2 is 2.03 bits per heavy atom. The molecule has 9 nitrogen and oxygen atoms in total. The van der Waals surface area contributed by atoms with E-state index < -0.39 is 10.3 Å². The number of nitrogens with zero attached hydrogens (tertiary/aromatic N) is 4. The molecule has 4 N–H and O–H groups in total. The number of allylic oxidation sites excluding steroid dienone is 2. The van der Waals surface area contributed by atoms with Gasteiger partial charge < -0.3 is 20.5 Å². The van der Waals surface area contributed by atoms with E-state index >= 15 is 0 Å². The Balaban J connectivity index is 1.57. The lowest BCUT2D eigenvalue weighted by Gasteiger charge is -2.30. The molecule has 1 saturated carbocycles. The largest absolute Gasteiger partial charge is 0.500 e. The molecule has 4 rings (SSSR count). The molecule has 11 heteroatoms. The van der Waals surface area contributed by atoms with Crippen LogP contribution in [0.4, 0.5) is 11.6 Å². The highest BCUT2D eigenvalue weighted by atomic mass is 35.5. The van der Waals surface area contributed by atoms with Crippen LogP contribution in [0.25, 0.3) is 0 Å². The van der Waals surface area contributed by atoms with Gasteiger partial charge in [-0.1, -0.05) is 23.2 Å². The summed E-state index contributed by atoms with van der Waals surface area (Å²) >= 11 is 12.8. The summed E-state index contributed by atoms with van der Waals surface area (Å²) in [5.74, 6) is 1.66. The highest BCUT2D eigenvalue weighted by Gasteiger charge is 2.44. The quantitative estimate of drug-likeness (QED) is 0.509. The molecular formula is C20H21Cl2N7O2. The van der Waals surface area contributed by atoms with Crippen LogP contribution in [-0.2, 0) is 9.47 Å². The van der Waals surface area contributed by atoms with E-state index in [0.717, 1.165) is 12.8 Å². The van der Waals surface area contributed by atoms with Crippen LogP contribution in [0.3, 0.4) is 0 Å². The number of nitriles is 1. The average Bonchev–Trinajstić information content (AvgIpc) is 3.42. The minimum Gasteiger partial charge on any atom is -0.500 e. The Bertz CT molecular complexity index is 1050. The van der Waals surface area contributed by atoms with Gasteiger partial charge in [-0.25, -0.2) is 9.97 Å². The SMILES string of the molecule is COC1=CC(Cl)(Cl)C=C(OCC2(CN)CC2)C1c1cc(Nc2cnc(C#N)cn2)n[nH]1. The number of hydrogen-bond acceptors (Lipinski definition) is 8. The molecule has 0 bridgehead atoms. The van der Waals surface area contributed by atoms with Crippen LogP contribution in [-0.4, -0.2) is 44.8 Å². The smallest absolute Gasteiger partial charge is 0.161 e. The molecule has 2 aliphatic rings. The molecular weight excluding hydrogens is 441 g/mol. The Labute approximate surface area is 189 Å². The average molecular weight is 462 g/mol. The number of hydrogen-bond donors (Lipinski definition) is 3. The fourth-order valence-electron chi connectivity index (χ4n) is 3.29. The van der Waals surface area contributed by atoms with Crippen LogP contribution < -0.4 is 11.1 Å². The zero-order valence-electron chi connectivity index (χ0n) is 16.7. The molecule has 0 saturated heterocycles. The van der Waals surface area contributed by atoms with Gasteiger partial charge in [-0.05, 0) is 25.0 Å². The minimum absolute atomic E-state index is 0.00995. The van der Waals surface area contributed by atoms with Crippen LogP contribution in [0.1, 0.15) is 30.1 Å². The molecule has 2 aliphatic carbocycles. The normalized spacial score (nSPS) is 20.8. The second kappa shape index (κ2) is 8.38. The van der Waals surface area contributed by atoms with Crippen molar-refractivity contribution in [3.8, 4) is 6.07 Å². The summed E-state index contributed by atoms with van der Waals surface area (Å²) in [5.41, 5.74) is 6.84. The number of nitrogens with two attached hydrogens (primary N) is 1. The van der Waals surface area contributed by atoms with Crippen LogP contribution in [0, 0.1) is 16.7 Å². The van der Waals surface area contributed by atoms with E-state index in [-0.39, 0.29) is 11.1 Å². The van der Waals surface area contributed by atoms with Gasteiger partial charge in [0.2, 0.25) is 0 Å². The van der Waals surface area contributed by atoms with Crippen LogP contribution in [0.5, 0.6) is 0 Å². The van der Waals surface area contributed by atoms with Crippen LogP contribution in [0.2, 0.25) is 0 Å². The van der Waals surface area contributed by atoms with Gasteiger partial charge in [0, 0.05) is 18.0 Å². The van der Waals surface area contributed by atoms with Gasteiger partial charge in [0.05, 0.1) is 31.8 Å². The Hall–Kier alpha value is -2.80. The molecule has 0 aliphatic heterocycles. The predicted molar refractivity (Wildman–Crippen MR) is 116 cm³/mol. The number of rotatable bonds is 8. The molecule has 0 spiro atoms. The van der Waals surface area contributed by atoms with E-state index in [1.54, 1.807) is 25.3 Å². The van der Waals surface area contributed by atoms with Crippen molar-refractivity contribution in [1.82, 2.24) is 20.2 Å². The van der Waals surface area contributed by atoms with Gasteiger partial charge in [-0.2, -0.15) is 10.4 Å². The lowest BCUT2D eigenvalue weighted by atomic mass is 9.94. The number of alkyl halides is 2. The first-order valence-corrected chi connectivity index (χ1v) is 10.4. The van der Waals surface area contributed by atoms with Crippen molar-refractivity contribution in [3.05, 3.63) is 53.5 Å². The molecule has 2 heterocycles. The predicted octanol–water partition coefficient (Wildman–Crippen LogP) is 3.26. The second-order valence-electron chi connectivity index (χ2n) is 7.63. The summed E-state index contributed by atoms with van der Waals surface area (Å²) in [6, 6.07) is 3.73. The summed E-state index contributed by atoms with van der Waals surface area (Å²) in [4.78, 5) is 8.12. The number of aromatic nitrogens is 4. The fourth-order valence-corrected chi connectivity index (χ4v) is 3.72. The molecule has 31 heavy (non-hydrogen) atoms. The topological polar surface area (TPSA) is 135 Å². The van der Waals surface area contributed by atoms with Gasteiger partial charge in [-0.15, -0.1) is 0 Å². The molecule has 0 radical (unpaired) electrons. The zero-order valence-corrected chi connectivity index (χ0v) is 18.2. The number of halogens is 2. The number of H-pyrrole nitrogens is 1. The number of ether oxygens (including phenoxy) is 2. The molecule has 1 fully saturated rings. The van der Waals surface area contributed by atoms with E-state index in [0.29, 0.717) is 42.0 Å². The van der Waals surface area contributed by atoms with Crippen molar-refractivity contribution in [3.63, 3.8) is 0 Å². The van der Waals surface area contributed by atoms with Gasteiger partial charge in [0.15, 0.2) is 15.8 Å². The standard InChI is InChI=1S/C20H21Cl2N7O2/c1-30-14-5-20(21,22)6-15(31-11-19(10-24)2-3-19)18(14)13-4-16(29-28-13)27-17-9-25-12(7-23)8-26-17/h4-6,8-9,18H,2-3,10-11,24H2,1H3,(H2,26,27,28,29). The van der Waals surface area contributed by atoms with Gasteiger partial charge >= 0.3 is 0 Å². The molecule has 1 unspecified atom stereocenters. The third-order valence-corrected chi connectivity index (χ3v) is 5.78. The summed E-state index contributed by atoms with van der Waals surface area (Å²) in [6.07, 6.45) is 8.19. The highest BCUT2D eigenvalue weighted by Crippen LogP contribution is 2.48. The first-order chi connectivity index (χ1) is 14.9. The van der Waals surface area contributed by atoms with E-state index in [4.69, 9.17) is 43.7 Å². The Morgan fingerprint density at radius 3 is 2.65 bits per heavy atom. The Morgan fingerprint density at radius 1 is 1.26 bits per heavy atom. The number of anilines is 2. The molecule has 2 aromatic heterocycles. The Kier molecular flexibility index (Phi) is 5.79. The highest BCUT2D eigenvalue weighted by molar-refractivity contribution is 6.51. The minimum atomic E-state index is -1.25. The molecule has 0 aromatic carbocycles. The lowest BCUT2D eigenvalue weighted by molar-refractivity contribution is 0.132. The van der Waals surface area contributed by atoms with Crippen molar-refractivity contribution in [2.45, 2.75) is 23.1 Å². The monoisotopic (exact) mass is 461 g/mol.